The minimum atomic E-state index is -0.110. The first-order valence-corrected chi connectivity index (χ1v) is 8.94. The number of hydrogen-bond donors (Lipinski definition) is 1. The van der Waals surface area contributed by atoms with Crippen molar-refractivity contribution in [3.63, 3.8) is 0 Å². The van der Waals surface area contributed by atoms with E-state index >= 15 is 0 Å². The van der Waals surface area contributed by atoms with Crippen LogP contribution < -0.4 is 5.32 Å². The second kappa shape index (κ2) is 7.83. The topological polar surface area (TPSA) is 68.0 Å². The van der Waals surface area contributed by atoms with Gasteiger partial charge < -0.3 is 9.73 Å². The van der Waals surface area contributed by atoms with Crippen molar-refractivity contribution in [2.45, 2.75) is 12.8 Å². The van der Waals surface area contributed by atoms with Crippen molar-refractivity contribution >= 4 is 17.0 Å². The van der Waals surface area contributed by atoms with E-state index in [1.807, 2.05) is 36.4 Å². The summed E-state index contributed by atoms with van der Waals surface area (Å²) in [5.41, 5.74) is 3.78. The van der Waals surface area contributed by atoms with Gasteiger partial charge in [0.15, 0.2) is 5.58 Å². The number of amides is 1. The second-order valence-corrected chi connectivity index (χ2v) is 6.26. The van der Waals surface area contributed by atoms with Crippen molar-refractivity contribution in [2.75, 3.05) is 6.54 Å². The zero-order valence-electron chi connectivity index (χ0n) is 14.8. The Morgan fingerprint density at radius 3 is 2.67 bits per heavy atom. The highest BCUT2D eigenvalue weighted by molar-refractivity contribution is 5.97. The minimum Gasteiger partial charge on any atom is -0.435 e. The van der Waals surface area contributed by atoms with Gasteiger partial charge in [0.2, 0.25) is 5.89 Å². The van der Waals surface area contributed by atoms with Crippen LogP contribution in [-0.4, -0.2) is 22.4 Å². The Bertz CT molecular complexity index is 1040. The number of nitrogens with zero attached hydrogens (tertiary/aromatic N) is 2. The smallest absolute Gasteiger partial charge is 0.251 e. The maximum atomic E-state index is 12.4. The zero-order chi connectivity index (χ0) is 18.5. The van der Waals surface area contributed by atoms with Gasteiger partial charge in [-0.2, -0.15) is 0 Å². The van der Waals surface area contributed by atoms with E-state index in [4.69, 9.17) is 4.42 Å². The van der Waals surface area contributed by atoms with Crippen LogP contribution >= 0.6 is 0 Å². The molecule has 2 aromatic carbocycles. The molecule has 0 radical (unpaired) electrons. The van der Waals surface area contributed by atoms with Crippen molar-refractivity contribution in [1.82, 2.24) is 15.3 Å². The summed E-state index contributed by atoms with van der Waals surface area (Å²) in [7, 11) is 0. The lowest BCUT2D eigenvalue weighted by atomic mass is 10.1. The third kappa shape index (κ3) is 4.03. The number of hydrogen-bond acceptors (Lipinski definition) is 4. The quantitative estimate of drug-likeness (QED) is 0.524. The molecule has 4 aromatic rings. The van der Waals surface area contributed by atoms with Gasteiger partial charge in [0, 0.05) is 18.3 Å². The first kappa shape index (κ1) is 17.0. The molecule has 134 valence electrons. The summed E-state index contributed by atoms with van der Waals surface area (Å²) in [5.74, 6) is 0.340. The zero-order valence-corrected chi connectivity index (χ0v) is 14.8. The van der Waals surface area contributed by atoms with E-state index in [1.165, 1.54) is 5.56 Å². The number of rotatable bonds is 6. The number of benzene rings is 2. The summed E-state index contributed by atoms with van der Waals surface area (Å²) in [6, 6.07) is 21.1. The van der Waals surface area contributed by atoms with E-state index in [9.17, 15) is 4.79 Å². The highest BCUT2D eigenvalue weighted by Gasteiger charge is 2.12. The Kier molecular flexibility index (Phi) is 4.92. The molecule has 2 heterocycles. The molecule has 5 heteroatoms. The van der Waals surface area contributed by atoms with E-state index in [-0.39, 0.29) is 5.91 Å². The molecule has 0 atom stereocenters. The van der Waals surface area contributed by atoms with E-state index in [0.29, 0.717) is 34.8 Å². The summed E-state index contributed by atoms with van der Waals surface area (Å²) >= 11 is 0. The number of nitrogens with one attached hydrogen (secondary N) is 1. The fraction of sp³-hybridized carbons (Fsp3) is 0.136. The average Bonchev–Trinajstić information content (AvgIpc) is 3.16. The third-order valence-corrected chi connectivity index (χ3v) is 4.31. The normalized spacial score (nSPS) is 10.8. The van der Waals surface area contributed by atoms with Gasteiger partial charge in [-0.05, 0) is 48.7 Å². The van der Waals surface area contributed by atoms with Gasteiger partial charge in [-0.3, -0.25) is 9.78 Å². The van der Waals surface area contributed by atoms with Crippen LogP contribution in [-0.2, 0) is 6.42 Å². The summed E-state index contributed by atoms with van der Waals surface area (Å²) in [6.45, 7) is 0.626. The molecule has 0 unspecified atom stereocenters. The standard InChI is InChI=1S/C22H19N3O2/c26-21(24-14-6-9-16-7-2-1-3-8-16)17-11-12-18-20(15-17)27-22(25-18)19-10-4-5-13-23-19/h1-5,7-8,10-13,15H,6,9,14H2,(H,24,26). The molecule has 1 amide bonds. The molecule has 0 bridgehead atoms. The molecule has 4 rings (SSSR count). The van der Waals surface area contributed by atoms with Crippen LogP contribution in [0, 0.1) is 0 Å². The number of oxazole rings is 1. The number of fused-ring (bicyclic) bond motifs is 1. The summed E-state index contributed by atoms with van der Waals surface area (Å²) in [5, 5.41) is 2.96. The van der Waals surface area contributed by atoms with Gasteiger partial charge in [0.1, 0.15) is 11.2 Å². The maximum absolute atomic E-state index is 12.4. The van der Waals surface area contributed by atoms with Crippen molar-refractivity contribution in [3.8, 4) is 11.6 Å². The molecule has 0 aliphatic heterocycles. The fourth-order valence-electron chi connectivity index (χ4n) is 2.91. The molecule has 0 spiro atoms. The van der Waals surface area contributed by atoms with Crippen LogP contribution in [0.2, 0.25) is 0 Å². The van der Waals surface area contributed by atoms with Gasteiger partial charge in [0.05, 0.1) is 0 Å². The van der Waals surface area contributed by atoms with Crippen LogP contribution in [0.5, 0.6) is 0 Å². The van der Waals surface area contributed by atoms with Crippen LogP contribution in [0.15, 0.2) is 77.3 Å². The second-order valence-electron chi connectivity index (χ2n) is 6.26. The van der Waals surface area contributed by atoms with Crippen molar-refractivity contribution in [2.24, 2.45) is 0 Å². The number of aromatic nitrogens is 2. The molecular weight excluding hydrogens is 338 g/mol. The lowest BCUT2D eigenvalue weighted by Gasteiger charge is -2.05. The average molecular weight is 357 g/mol. The Morgan fingerprint density at radius 1 is 1.00 bits per heavy atom. The molecule has 0 saturated carbocycles. The lowest BCUT2D eigenvalue weighted by molar-refractivity contribution is 0.0953. The fourth-order valence-corrected chi connectivity index (χ4v) is 2.91. The third-order valence-electron chi connectivity index (χ3n) is 4.31. The van der Waals surface area contributed by atoms with E-state index < -0.39 is 0 Å². The molecule has 0 fully saturated rings. The summed E-state index contributed by atoms with van der Waals surface area (Å²) in [4.78, 5) is 21.1. The molecule has 2 aromatic heterocycles. The number of carbonyl (C=O) groups is 1. The SMILES string of the molecule is O=C(NCCCc1ccccc1)c1ccc2nc(-c3ccccn3)oc2c1. The van der Waals surface area contributed by atoms with Gasteiger partial charge in [0.25, 0.3) is 5.91 Å². The predicted octanol–water partition coefficient (Wildman–Crippen LogP) is 4.25. The van der Waals surface area contributed by atoms with Gasteiger partial charge >= 0.3 is 0 Å². The Labute approximate surface area is 157 Å². The van der Waals surface area contributed by atoms with Gasteiger partial charge in [-0.15, -0.1) is 0 Å². The monoisotopic (exact) mass is 357 g/mol. The Balaban J connectivity index is 1.40. The first-order chi connectivity index (χ1) is 13.3. The molecule has 0 aliphatic carbocycles. The summed E-state index contributed by atoms with van der Waals surface area (Å²) < 4.78 is 5.77. The highest BCUT2D eigenvalue weighted by Crippen LogP contribution is 2.23. The van der Waals surface area contributed by atoms with E-state index in [2.05, 4.69) is 27.4 Å². The molecular formula is C22H19N3O2. The van der Waals surface area contributed by atoms with Gasteiger partial charge in [-0.25, -0.2) is 4.98 Å². The van der Waals surface area contributed by atoms with Crippen LogP contribution in [0.1, 0.15) is 22.3 Å². The number of pyridine rings is 1. The molecule has 5 nitrogen and oxygen atoms in total. The van der Waals surface area contributed by atoms with E-state index in [1.54, 1.807) is 24.4 Å². The minimum absolute atomic E-state index is 0.110. The van der Waals surface area contributed by atoms with E-state index in [0.717, 1.165) is 12.8 Å². The molecule has 1 N–H and O–H groups in total. The van der Waals surface area contributed by atoms with Crippen molar-refractivity contribution in [1.29, 1.82) is 0 Å². The Hall–Kier alpha value is -3.47. The predicted molar refractivity (Wildman–Crippen MR) is 104 cm³/mol. The molecule has 0 aliphatic rings. The molecule has 27 heavy (non-hydrogen) atoms. The number of aryl methyl sites for hydroxylation is 1. The largest absolute Gasteiger partial charge is 0.435 e. The highest BCUT2D eigenvalue weighted by atomic mass is 16.3. The van der Waals surface area contributed by atoms with Crippen LogP contribution in [0.4, 0.5) is 0 Å². The summed E-state index contributed by atoms with van der Waals surface area (Å²) in [6.07, 6.45) is 3.53. The maximum Gasteiger partial charge on any atom is 0.251 e. The van der Waals surface area contributed by atoms with Crippen LogP contribution in [0.3, 0.4) is 0 Å². The van der Waals surface area contributed by atoms with Crippen LogP contribution in [0.25, 0.3) is 22.7 Å². The number of carbonyl (C=O) groups excluding carboxylic acids is 1. The molecule has 0 saturated heterocycles. The Morgan fingerprint density at radius 2 is 1.85 bits per heavy atom. The first-order valence-electron chi connectivity index (χ1n) is 8.94. The van der Waals surface area contributed by atoms with Gasteiger partial charge in [-0.1, -0.05) is 36.4 Å². The lowest BCUT2D eigenvalue weighted by Crippen LogP contribution is -2.24. The van der Waals surface area contributed by atoms with Crippen molar-refractivity contribution < 1.29 is 9.21 Å². The van der Waals surface area contributed by atoms with Crippen molar-refractivity contribution in [3.05, 3.63) is 84.1 Å².